The highest BCUT2D eigenvalue weighted by molar-refractivity contribution is 7.89. The molecule has 0 saturated carbocycles. The predicted octanol–water partition coefficient (Wildman–Crippen LogP) is 3.37. The second-order valence-corrected chi connectivity index (χ2v) is 9.19. The second kappa shape index (κ2) is 8.99. The lowest BCUT2D eigenvalue weighted by Crippen LogP contribution is -2.40. The highest BCUT2D eigenvalue weighted by Gasteiger charge is 2.33. The van der Waals surface area contributed by atoms with Crippen LogP contribution in [0.2, 0.25) is 0 Å². The van der Waals surface area contributed by atoms with E-state index < -0.39 is 10.0 Å². The molecule has 1 saturated heterocycles. The molecule has 0 amide bonds. The van der Waals surface area contributed by atoms with Crippen LogP contribution >= 0.6 is 0 Å². The normalized spacial score (nSPS) is 15.6. The number of rotatable bonds is 6. The van der Waals surface area contributed by atoms with Crippen molar-refractivity contribution in [3.05, 3.63) is 54.6 Å². The average Bonchev–Trinajstić information content (AvgIpc) is 3.30. The first-order valence-corrected chi connectivity index (χ1v) is 11.6. The van der Waals surface area contributed by atoms with Gasteiger partial charge in [0, 0.05) is 24.2 Å². The van der Waals surface area contributed by atoms with E-state index >= 15 is 0 Å². The van der Waals surface area contributed by atoms with Gasteiger partial charge in [0.15, 0.2) is 0 Å². The van der Waals surface area contributed by atoms with Gasteiger partial charge in [0.1, 0.15) is 0 Å². The molecule has 0 aliphatic carbocycles. The first-order chi connectivity index (χ1) is 15.0. The monoisotopic (exact) mass is 441 g/mol. The molecule has 0 unspecified atom stereocenters. The Morgan fingerprint density at radius 2 is 1.81 bits per heavy atom. The van der Waals surface area contributed by atoms with Crippen LogP contribution in [-0.2, 0) is 19.6 Å². The van der Waals surface area contributed by atoms with E-state index in [1.54, 1.807) is 25.1 Å². The van der Waals surface area contributed by atoms with Crippen molar-refractivity contribution in [1.82, 2.24) is 14.4 Å². The molecule has 3 aromatic rings. The first-order valence-electron chi connectivity index (χ1n) is 10.2. The third-order valence-electron chi connectivity index (χ3n) is 5.25. The molecule has 0 N–H and O–H groups in total. The molecule has 1 aromatic heterocycles. The zero-order chi connectivity index (χ0) is 21.8. The first kappa shape index (κ1) is 21.2. The molecule has 31 heavy (non-hydrogen) atoms. The standard InChI is InChI=1S/C22H23N3O5S/c1-2-29-22(26)17-11-13-25(14-12-17)31(27,28)19-10-6-9-18(15-19)21-23-20(24-30-21)16-7-4-3-5-8-16/h3-10,15,17H,2,11-14H2,1H3. The molecule has 0 radical (unpaired) electrons. The van der Waals surface area contributed by atoms with Crippen molar-refractivity contribution < 1.29 is 22.5 Å². The summed E-state index contributed by atoms with van der Waals surface area (Å²) in [6.07, 6.45) is 0.893. The van der Waals surface area contributed by atoms with Crippen molar-refractivity contribution in [2.45, 2.75) is 24.7 Å². The molecule has 0 atom stereocenters. The van der Waals surface area contributed by atoms with Crippen LogP contribution in [-0.4, -0.2) is 48.5 Å². The zero-order valence-electron chi connectivity index (χ0n) is 17.1. The van der Waals surface area contributed by atoms with E-state index in [1.807, 2.05) is 30.3 Å². The third kappa shape index (κ3) is 4.52. The van der Waals surface area contributed by atoms with Gasteiger partial charge in [-0.2, -0.15) is 9.29 Å². The maximum absolute atomic E-state index is 13.1. The number of carbonyl (C=O) groups excluding carboxylic acids is 1. The van der Waals surface area contributed by atoms with Crippen LogP contribution in [0.15, 0.2) is 64.0 Å². The molecule has 0 bridgehead atoms. The van der Waals surface area contributed by atoms with Gasteiger partial charge in [0.2, 0.25) is 15.8 Å². The van der Waals surface area contributed by atoms with E-state index in [1.165, 1.54) is 10.4 Å². The fourth-order valence-corrected chi connectivity index (χ4v) is 5.09. The summed E-state index contributed by atoms with van der Waals surface area (Å²) in [4.78, 5) is 16.5. The lowest BCUT2D eigenvalue weighted by atomic mass is 9.98. The van der Waals surface area contributed by atoms with Gasteiger partial charge in [0.05, 0.1) is 17.4 Å². The Balaban J connectivity index is 1.52. The smallest absolute Gasteiger partial charge is 0.309 e. The van der Waals surface area contributed by atoms with Crippen LogP contribution in [0.1, 0.15) is 19.8 Å². The van der Waals surface area contributed by atoms with Crippen molar-refractivity contribution in [2.24, 2.45) is 5.92 Å². The minimum Gasteiger partial charge on any atom is -0.466 e. The molecule has 4 rings (SSSR count). The van der Waals surface area contributed by atoms with Crippen LogP contribution in [0, 0.1) is 5.92 Å². The van der Waals surface area contributed by atoms with Crippen molar-refractivity contribution in [1.29, 1.82) is 0 Å². The van der Waals surface area contributed by atoms with Gasteiger partial charge in [-0.15, -0.1) is 0 Å². The van der Waals surface area contributed by atoms with E-state index in [-0.39, 0.29) is 35.8 Å². The molecule has 9 heteroatoms. The summed E-state index contributed by atoms with van der Waals surface area (Å²) >= 11 is 0. The number of nitrogens with zero attached hydrogens (tertiary/aromatic N) is 3. The lowest BCUT2D eigenvalue weighted by molar-refractivity contribution is -0.149. The van der Waals surface area contributed by atoms with Gasteiger partial charge in [-0.05, 0) is 38.0 Å². The topological polar surface area (TPSA) is 103 Å². The maximum atomic E-state index is 13.1. The van der Waals surface area contributed by atoms with Crippen LogP contribution in [0.25, 0.3) is 22.8 Å². The number of carbonyl (C=O) groups is 1. The predicted molar refractivity (Wildman–Crippen MR) is 113 cm³/mol. The Labute approximate surface area is 180 Å². The zero-order valence-corrected chi connectivity index (χ0v) is 17.9. The quantitative estimate of drug-likeness (QED) is 0.540. The minimum atomic E-state index is -3.71. The van der Waals surface area contributed by atoms with Gasteiger partial charge in [0.25, 0.3) is 5.89 Å². The van der Waals surface area contributed by atoms with Crippen LogP contribution in [0.3, 0.4) is 0 Å². The summed E-state index contributed by atoms with van der Waals surface area (Å²) in [5.74, 6) is 0.168. The fraction of sp³-hybridized carbons (Fsp3) is 0.318. The van der Waals surface area contributed by atoms with Crippen molar-refractivity contribution in [3.63, 3.8) is 0 Å². The number of sulfonamides is 1. The summed E-state index contributed by atoms with van der Waals surface area (Å²) in [6.45, 7) is 2.63. The van der Waals surface area contributed by atoms with Crippen LogP contribution in [0.4, 0.5) is 0 Å². The van der Waals surface area contributed by atoms with Crippen LogP contribution in [0.5, 0.6) is 0 Å². The number of piperidine rings is 1. The number of aromatic nitrogens is 2. The van der Waals surface area contributed by atoms with Gasteiger partial charge >= 0.3 is 5.97 Å². The van der Waals surface area contributed by atoms with E-state index in [9.17, 15) is 13.2 Å². The molecule has 2 aromatic carbocycles. The van der Waals surface area contributed by atoms with Crippen molar-refractivity contribution >= 4 is 16.0 Å². The van der Waals surface area contributed by atoms with Gasteiger partial charge in [-0.3, -0.25) is 4.79 Å². The molecule has 1 fully saturated rings. The number of benzene rings is 2. The maximum Gasteiger partial charge on any atom is 0.309 e. The number of esters is 1. The van der Waals surface area contributed by atoms with E-state index in [4.69, 9.17) is 9.26 Å². The van der Waals surface area contributed by atoms with E-state index in [0.29, 0.717) is 30.8 Å². The van der Waals surface area contributed by atoms with Crippen molar-refractivity contribution in [2.75, 3.05) is 19.7 Å². The summed E-state index contributed by atoms with van der Waals surface area (Å²) in [7, 11) is -3.71. The summed E-state index contributed by atoms with van der Waals surface area (Å²) < 4.78 is 38.1. The summed E-state index contributed by atoms with van der Waals surface area (Å²) in [5.41, 5.74) is 1.34. The molecule has 1 aliphatic rings. The molecular formula is C22H23N3O5S. The Morgan fingerprint density at radius 1 is 1.10 bits per heavy atom. The van der Waals surface area contributed by atoms with E-state index in [2.05, 4.69) is 10.1 Å². The number of hydrogen-bond donors (Lipinski definition) is 0. The highest BCUT2D eigenvalue weighted by atomic mass is 32.2. The molecule has 8 nitrogen and oxygen atoms in total. The molecule has 0 spiro atoms. The number of ether oxygens (including phenoxy) is 1. The Hall–Kier alpha value is -3.04. The lowest BCUT2D eigenvalue weighted by Gasteiger charge is -2.30. The minimum absolute atomic E-state index is 0.152. The Bertz CT molecular complexity index is 1150. The SMILES string of the molecule is CCOC(=O)C1CCN(S(=O)(=O)c2cccc(-c3nc(-c4ccccc4)no3)c2)CC1. The average molecular weight is 442 g/mol. The van der Waals surface area contributed by atoms with Gasteiger partial charge < -0.3 is 9.26 Å². The van der Waals surface area contributed by atoms with Gasteiger partial charge in [-0.25, -0.2) is 8.42 Å². The van der Waals surface area contributed by atoms with Crippen LogP contribution < -0.4 is 0 Å². The third-order valence-corrected chi connectivity index (χ3v) is 7.15. The molecular weight excluding hydrogens is 418 g/mol. The highest BCUT2D eigenvalue weighted by Crippen LogP contribution is 2.28. The second-order valence-electron chi connectivity index (χ2n) is 7.25. The molecule has 1 aliphatic heterocycles. The Morgan fingerprint density at radius 3 is 2.52 bits per heavy atom. The summed E-state index contributed by atoms with van der Waals surface area (Å²) in [6, 6.07) is 15.9. The summed E-state index contributed by atoms with van der Waals surface area (Å²) in [5, 5.41) is 3.99. The molecule has 2 heterocycles. The molecule has 162 valence electrons. The fourth-order valence-electron chi connectivity index (χ4n) is 3.58. The van der Waals surface area contributed by atoms with E-state index in [0.717, 1.165) is 5.56 Å². The van der Waals surface area contributed by atoms with Gasteiger partial charge in [-0.1, -0.05) is 41.6 Å². The van der Waals surface area contributed by atoms with Crippen molar-refractivity contribution in [3.8, 4) is 22.8 Å². The number of hydrogen-bond acceptors (Lipinski definition) is 7. The largest absolute Gasteiger partial charge is 0.466 e. The Kier molecular flexibility index (Phi) is 6.15.